The molecule has 0 aromatic carbocycles. The zero-order valence-corrected chi connectivity index (χ0v) is 9.89. The molecule has 0 bridgehead atoms. The summed E-state index contributed by atoms with van der Waals surface area (Å²) >= 11 is 7.80. The molecule has 76 valence electrons. The molecule has 0 radical (unpaired) electrons. The first kappa shape index (κ1) is 11.2. The van der Waals surface area contributed by atoms with Gasteiger partial charge in [0.05, 0.1) is 11.5 Å². The van der Waals surface area contributed by atoms with Crippen molar-refractivity contribution in [2.45, 2.75) is 0 Å². The summed E-state index contributed by atoms with van der Waals surface area (Å²) in [5.41, 5.74) is 5.31. The van der Waals surface area contributed by atoms with Crippen molar-refractivity contribution < 1.29 is 9.21 Å². The third-order valence-electron chi connectivity index (χ3n) is 1.52. The topological polar surface area (TPSA) is 59.5 Å². The summed E-state index contributed by atoms with van der Waals surface area (Å²) in [4.78, 5) is 13.3. The number of hydrogen-bond acceptors (Lipinski definition) is 3. The van der Waals surface area contributed by atoms with Gasteiger partial charge >= 0.3 is 0 Å². The molecular formula is C8H9BrN2O2S. The Bertz CT molecular complexity index is 364. The van der Waals surface area contributed by atoms with E-state index < -0.39 is 0 Å². The van der Waals surface area contributed by atoms with Crippen LogP contribution < -0.4 is 5.73 Å². The lowest BCUT2D eigenvalue weighted by molar-refractivity contribution is 0.0782. The van der Waals surface area contributed by atoms with E-state index in [-0.39, 0.29) is 23.2 Å². The van der Waals surface area contributed by atoms with Gasteiger partial charge in [0, 0.05) is 7.05 Å². The second-order valence-corrected chi connectivity index (χ2v) is 4.04. The van der Waals surface area contributed by atoms with Gasteiger partial charge in [0.2, 0.25) is 0 Å². The van der Waals surface area contributed by atoms with E-state index in [1.807, 2.05) is 0 Å². The summed E-state index contributed by atoms with van der Waals surface area (Å²) < 4.78 is 5.61. The molecule has 1 rings (SSSR count). The van der Waals surface area contributed by atoms with Crippen molar-refractivity contribution in [2.75, 3.05) is 13.6 Å². The first-order valence-corrected chi connectivity index (χ1v) is 5.00. The van der Waals surface area contributed by atoms with Gasteiger partial charge in [-0.25, -0.2) is 0 Å². The van der Waals surface area contributed by atoms with Crippen molar-refractivity contribution in [1.82, 2.24) is 4.90 Å². The maximum Gasteiger partial charge on any atom is 0.289 e. The van der Waals surface area contributed by atoms with Crippen LogP contribution in [-0.4, -0.2) is 29.4 Å². The molecule has 0 saturated carbocycles. The molecule has 0 aliphatic heterocycles. The fourth-order valence-corrected chi connectivity index (χ4v) is 1.42. The molecule has 0 atom stereocenters. The largest absolute Gasteiger partial charge is 0.444 e. The summed E-state index contributed by atoms with van der Waals surface area (Å²) in [5, 5.41) is 0. The van der Waals surface area contributed by atoms with Crippen LogP contribution in [0.5, 0.6) is 0 Å². The third-order valence-corrected chi connectivity index (χ3v) is 2.08. The van der Waals surface area contributed by atoms with Crippen LogP contribution in [-0.2, 0) is 0 Å². The minimum absolute atomic E-state index is 0.243. The Labute approximate surface area is 95.2 Å². The number of halogens is 1. The molecule has 2 N–H and O–H groups in total. The molecule has 0 aliphatic rings. The van der Waals surface area contributed by atoms with E-state index >= 15 is 0 Å². The van der Waals surface area contributed by atoms with E-state index in [1.54, 1.807) is 19.2 Å². The summed E-state index contributed by atoms with van der Waals surface area (Å²) in [6.07, 6.45) is 0. The summed E-state index contributed by atoms with van der Waals surface area (Å²) in [6.45, 7) is 0.243. The molecule has 0 unspecified atom stereocenters. The quantitative estimate of drug-likeness (QED) is 0.848. The van der Waals surface area contributed by atoms with Crippen molar-refractivity contribution in [1.29, 1.82) is 0 Å². The Morgan fingerprint density at radius 3 is 2.79 bits per heavy atom. The van der Waals surface area contributed by atoms with Crippen LogP contribution in [0.3, 0.4) is 0 Å². The molecule has 6 heteroatoms. The predicted octanol–water partition coefficient (Wildman–Crippen LogP) is 1.40. The second-order valence-electron chi connectivity index (χ2n) is 2.73. The Balaban J connectivity index is 2.70. The number of thiocarbonyl (C=S) groups is 1. The highest BCUT2D eigenvalue weighted by atomic mass is 79.9. The highest BCUT2D eigenvalue weighted by Crippen LogP contribution is 2.15. The molecule has 14 heavy (non-hydrogen) atoms. The van der Waals surface area contributed by atoms with Gasteiger partial charge in [-0.1, -0.05) is 12.2 Å². The minimum Gasteiger partial charge on any atom is -0.444 e. The maximum absolute atomic E-state index is 11.6. The van der Waals surface area contributed by atoms with E-state index in [0.29, 0.717) is 4.67 Å². The third kappa shape index (κ3) is 2.81. The highest BCUT2D eigenvalue weighted by Gasteiger charge is 2.15. The first-order chi connectivity index (χ1) is 6.50. The molecular weight excluding hydrogens is 268 g/mol. The van der Waals surface area contributed by atoms with Crippen LogP contribution in [0.4, 0.5) is 0 Å². The monoisotopic (exact) mass is 276 g/mol. The number of furan rings is 1. The molecule has 1 aromatic rings. The SMILES string of the molecule is CN(CC(N)=S)C(=O)c1ccc(Br)o1. The predicted molar refractivity (Wildman–Crippen MR) is 60.2 cm³/mol. The van der Waals surface area contributed by atoms with Gasteiger partial charge in [-0.15, -0.1) is 0 Å². The average molecular weight is 277 g/mol. The molecule has 1 heterocycles. The Hall–Kier alpha value is -0.880. The maximum atomic E-state index is 11.6. The van der Waals surface area contributed by atoms with Crippen LogP contribution >= 0.6 is 28.1 Å². The lowest BCUT2D eigenvalue weighted by Gasteiger charge is -2.13. The molecule has 0 fully saturated rings. The average Bonchev–Trinajstić information content (AvgIpc) is 2.49. The van der Waals surface area contributed by atoms with Crippen molar-refractivity contribution in [3.63, 3.8) is 0 Å². The highest BCUT2D eigenvalue weighted by molar-refractivity contribution is 9.10. The van der Waals surface area contributed by atoms with E-state index in [2.05, 4.69) is 15.9 Å². The number of rotatable bonds is 3. The van der Waals surface area contributed by atoms with Crippen LogP contribution in [0.2, 0.25) is 0 Å². The zero-order chi connectivity index (χ0) is 10.7. The van der Waals surface area contributed by atoms with Crippen molar-refractivity contribution in [3.8, 4) is 0 Å². The van der Waals surface area contributed by atoms with Crippen molar-refractivity contribution in [2.24, 2.45) is 5.73 Å². The van der Waals surface area contributed by atoms with Crippen molar-refractivity contribution >= 4 is 39.0 Å². The Morgan fingerprint density at radius 1 is 1.71 bits per heavy atom. The van der Waals surface area contributed by atoms with Gasteiger partial charge in [-0.2, -0.15) is 0 Å². The normalized spacial score (nSPS) is 9.86. The molecule has 1 aromatic heterocycles. The van der Waals surface area contributed by atoms with Crippen molar-refractivity contribution in [3.05, 3.63) is 22.6 Å². The molecule has 4 nitrogen and oxygen atoms in total. The summed E-state index contributed by atoms with van der Waals surface area (Å²) in [6, 6.07) is 3.24. The number of likely N-dealkylation sites (N-methyl/N-ethyl adjacent to an activating group) is 1. The van der Waals surface area contributed by atoms with E-state index in [1.165, 1.54) is 4.90 Å². The molecule has 0 aliphatic carbocycles. The standard InChI is InChI=1S/C8H9BrN2O2S/c1-11(4-7(10)14)8(12)5-2-3-6(9)13-5/h2-3H,4H2,1H3,(H2,10,14). The first-order valence-electron chi connectivity index (χ1n) is 3.80. The fourth-order valence-electron chi connectivity index (χ4n) is 0.923. The van der Waals surface area contributed by atoms with Gasteiger partial charge in [0.1, 0.15) is 0 Å². The smallest absolute Gasteiger partial charge is 0.289 e. The lowest BCUT2D eigenvalue weighted by atomic mass is 10.4. The molecule has 1 amide bonds. The van der Waals surface area contributed by atoms with Gasteiger partial charge in [0.15, 0.2) is 10.4 Å². The zero-order valence-electron chi connectivity index (χ0n) is 7.49. The van der Waals surface area contributed by atoms with Gasteiger partial charge < -0.3 is 15.1 Å². The van der Waals surface area contributed by atoms with Crippen LogP contribution in [0.15, 0.2) is 21.2 Å². The van der Waals surface area contributed by atoms with E-state index in [4.69, 9.17) is 22.4 Å². The Morgan fingerprint density at radius 2 is 2.36 bits per heavy atom. The minimum atomic E-state index is -0.247. The molecule has 0 saturated heterocycles. The number of carbonyl (C=O) groups excluding carboxylic acids is 1. The second kappa shape index (κ2) is 4.56. The lowest BCUT2D eigenvalue weighted by Crippen LogP contribution is -2.34. The fraction of sp³-hybridized carbons (Fsp3) is 0.250. The number of nitrogens with two attached hydrogens (primary N) is 1. The summed E-state index contributed by atoms with van der Waals surface area (Å²) in [5.74, 6) is 0.0131. The number of amides is 1. The molecule has 0 spiro atoms. The Kier molecular flexibility index (Phi) is 3.65. The van der Waals surface area contributed by atoms with Gasteiger partial charge in [-0.3, -0.25) is 4.79 Å². The van der Waals surface area contributed by atoms with Crippen LogP contribution in [0.25, 0.3) is 0 Å². The number of carbonyl (C=O) groups is 1. The number of hydrogen-bond donors (Lipinski definition) is 1. The number of nitrogens with zero attached hydrogens (tertiary/aromatic N) is 1. The summed E-state index contributed by atoms with van der Waals surface area (Å²) in [7, 11) is 1.61. The van der Waals surface area contributed by atoms with Gasteiger partial charge in [-0.05, 0) is 28.1 Å². The van der Waals surface area contributed by atoms with E-state index in [9.17, 15) is 4.79 Å². The van der Waals surface area contributed by atoms with Crippen LogP contribution in [0.1, 0.15) is 10.6 Å². The van der Waals surface area contributed by atoms with E-state index in [0.717, 1.165) is 0 Å². The van der Waals surface area contributed by atoms with Crippen LogP contribution in [0, 0.1) is 0 Å². The van der Waals surface area contributed by atoms with Gasteiger partial charge in [0.25, 0.3) is 5.91 Å².